The van der Waals surface area contributed by atoms with Gasteiger partial charge in [-0.2, -0.15) is 21.6 Å². The second-order valence-electron chi connectivity index (χ2n) is 6.38. The number of alkyl halides is 3. The fourth-order valence-electron chi connectivity index (χ4n) is 2.94. The summed E-state index contributed by atoms with van der Waals surface area (Å²) in [6.45, 7) is 0. The average Bonchev–Trinajstić information content (AvgIpc) is 2.97. The molecule has 0 radical (unpaired) electrons. The largest absolute Gasteiger partial charge is 0.516 e. The Balaban J connectivity index is 1.92. The number of halogens is 4. The first-order valence-electron chi connectivity index (χ1n) is 8.49. The zero-order chi connectivity index (χ0) is 22.1. The molecule has 0 heterocycles. The summed E-state index contributed by atoms with van der Waals surface area (Å²) in [4.78, 5) is 13.0. The van der Waals surface area contributed by atoms with Gasteiger partial charge in [0.05, 0.1) is 6.42 Å². The van der Waals surface area contributed by atoms with Crippen LogP contribution < -0.4 is 4.72 Å². The number of thioether (sulfide) groups is 1. The monoisotopic (exact) mass is 457 g/mol. The van der Waals surface area contributed by atoms with Gasteiger partial charge in [0.1, 0.15) is 5.82 Å². The number of amides is 1. The molecule has 0 bridgehead atoms. The molecule has 2 aromatic rings. The van der Waals surface area contributed by atoms with Crippen LogP contribution in [0.25, 0.3) is 17.2 Å². The molecule has 0 spiro atoms. The van der Waals surface area contributed by atoms with Gasteiger partial charge in [0.15, 0.2) is 0 Å². The zero-order valence-corrected chi connectivity index (χ0v) is 17.1. The maximum absolute atomic E-state index is 13.7. The Morgan fingerprint density at radius 2 is 1.77 bits per heavy atom. The highest BCUT2D eigenvalue weighted by atomic mass is 32.2. The molecule has 0 saturated carbocycles. The second kappa shape index (κ2) is 8.27. The lowest BCUT2D eigenvalue weighted by Gasteiger charge is -2.10. The lowest BCUT2D eigenvalue weighted by Crippen LogP contribution is -2.40. The fourth-order valence-corrected chi connectivity index (χ4v) is 3.84. The summed E-state index contributed by atoms with van der Waals surface area (Å²) in [5, 5.41) is 0. The van der Waals surface area contributed by atoms with E-state index < -0.39 is 33.7 Å². The Bertz CT molecular complexity index is 1150. The Kier molecular flexibility index (Phi) is 6.09. The minimum atomic E-state index is -5.81. The van der Waals surface area contributed by atoms with Crippen LogP contribution in [-0.2, 0) is 14.8 Å². The standard InChI is InChI=1S/C20H15F4NO3S2/c1-29-16-5-2-12(3-6-16)8-13-9-14(18-11-15(21)4-7-17(13)18)10-19(26)25-30(27,28)20(22,23)24/h2-9,11H,10H2,1H3,(H,25,26)/b13-8+. The van der Waals surface area contributed by atoms with Crippen LogP contribution in [0.4, 0.5) is 17.6 Å². The van der Waals surface area contributed by atoms with E-state index in [-0.39, 0.29) is 5.57 Å². The number of allylic oxidation sites excluding steroid dienone is 2. The van der Waals surface area contributed by atoms with Gasteiger partial charge in [0.2, 0.25) is 5.91 Å². The Morgan fingerprint density at radius 1 is 1.10 bits per heavy atom. The highest BCUT2D eigenvalue weighted by Gasteiger charge is 2.47. The van der Waals surface area contributed by atoms with Gasteiger partial charge in [-0.3, -0.25) is 4.79 Å². The van der Waals surface area contributed by atoms with Crippen LogP contribution in [0.2, 0.25) is 0 Å². The van der Waals surface area contributed by atoms with Crippen LogP contribution in [0.15, 0.2) is 53.4 Å². The molecule has 0 aromatic heterocycles. The molecule has 1 aliphatic carbocycles. The second-order valence-corrected chi connectivity index (χ2v) is 8.94. The number of sulfonamides is 1. The lowest BCUT2D eigenvalue weighted by atomic mass is 10.0. The Hall–Kier alpha value is -2.59. The van der Waals surface area contributed by atoms with Crippen LogP contribution in [0.5, 0.6) is 0 Å². The van der Waals surface area contributed by atoms with Crippen molar-refractivity contribution in [2.75, 3.05) is 6.26 Å². The van der Waals surface area contributed by atoms with Gasteiger partial charge in [0.25, 0.3) is 0 Å². The van der Waals surface area contributed by atoms with Gasteiger partial charge < -0.3 is 0 Å². The number of carbonyl (C=O) groups excluding carboxylic acids is 1. The van der Waals surface area contributed by atoms with E-state index in [9.17, 15) is 30.8 Å². The number of hydrogen-bond acceptors (Lipinski definition) is 4. The van der Waals surface area contributed by atoms with E-state index in [0.717, 1.165) is 21.2 Å². The van der Waals surface area contributed by atoms with Crippen LogP contribution >= 0.6 is 11.8 Å². The highest BCUT2D eigenvalue weighted by Crippen LogP contribution is 2.38. The number of carbonyl (C=O) groups is 1. The van der Waals surface area contributed by atoms with Gasteiger partial charge >= 0.3 is 15.5 Å². The molecule has 3 rings (SSSR count). The molecular weight excluding hydrogens is 442 g/mol. The molecule has 0 aliphatic heterocycles. The smallest absolute Gasteiger partial charge is 0.274 e. The Morgan fingerprint density at radius 3 is 2.37 bits per heavy atom. The minimum absolute atomic E-state index is 0.214. The number of benzene rings is 2. The predicted molar refractivity (Wildman–Crippen MR) is 108 cm³/mol. The highest BCUT2D eigenvalue weighted by molar-refractivity contribution is 7.98. The normalized spacial score (nSPS) is 15.1. The van der Waals surface area contributed by atoms with Crippen LogP contribution in [-0.4, -0.2) is 26.1 Å². The number of rotatable bonds is 5. The summed E-state index contributed by atoms with van der Waals surface area (Å²) in [6, 6.07) is 11.5. The molecule has 0 saturated heterocycles. The third-order valence-corrected chi connectivity index (χ3v) is 6.16. The van der Waals surface area contributed by atoms with Crippen LogP contribution in [0.3, 0.4) is 0 Å². The Labute approximate surface area is 174 Å². The number of hydrogen-bond donors (Lipinski definition) is 1. The fraction of sp³-hybridized carbons (Fsp3) is 0.150. The quantitative estimate of drug-likeness (QED) is 0.516. The van der Waals surface area contributed by atoms with Crippen molar-refractivity contribution in [3.63, 3.8) is 0 Å². The molecule has 1 aliphatic rings. The molecule has 10 heteroatoms. The van der Waals surface area contributed by atoms with Gasteiger partial charge in [-0.25, -0.2) is 9.11 Å². The summed E-state index contributed by atoms with van der Waals surface area (Å²) in [7, 11) is -5.81. The summed E-state index contributed by atoms with van der Waals surface area (Å²) in [5.41, 5.74) is -3.02. The van der Waals surface area contributed by atoms with Crippen molar-refractivity contribution in [2.45, 2.75) is 16.8 Å². The first kappa shape index (κ1) is 22.1. The van der Waals surface area contributed by atoms with Crippen molar-refractivity contribution in [3.05, 3.63) is 71.0 Å². The lowest BCUT2D eigenvalue weighted by molar-refractivity contribution is -0.119. The van der Waals surface area contributed by atoms with Gasteiger partial charge in [0, 0.05) is 4.90 Å². The molecule has 158 valence electrons. The minimum Gasteiger partial charge on any atom is -0.274 e. The van der Waals surface area contributed by atoms with Gasteiger partial charge in [-0.15, -0.1) is 11.8 Å². The summed E-state index contributed by atoms with van der Waals surface area (Å²) in [5.74, 6) is -1.95. The summed E-state index contributed by atoms with van der Waals surface area (Å²) < 4.78 is 74.5. The van der Waals surface area contributed by atoms with Crippen molar-refractivity contribution in [1.29, 1.82) is 0 Å². The first-order chi connectivity index (χ1) is 14.0. The van der Waals surface area contributed by atoms with E-state index >= 15 is 0 Å². The van der Waals surface area contributed by atoms with E-state index in [1.807, 2.05) is 30.5 Å². The molecule has 4 nitrogen and oxygen atoms in total. The topological polar surface area (TPSA) is 63.2 Å². The summed E-state index contributed by atoms with van der Waals surface area (Å²) in [6.07, 6.45) is 4.60. The van der Waals surface area contributed by atoms with E-state index in [4.69, 9.17) is 0 Å². The van der Waals surface area contributed by atoms with Crippen molar-refractivity contribution in [3.8, 4) is 0 Å². The van der Waals surface area contributed by atoms with Crippen molar-refractivity contribution in [2.24, 2.45) is 0 Å². The summed E-state index contributed by atoms with van der Waals surface area (Å²) >= 11 is 1.58. The van der Waals surface area contributed by atoms with Crippen molar-refractivity contribution < 1.29 is 30.8 Å². The third-order valence-electron chi connectivity index (χ3n) is 4.31. The molecule has 0 unspecified atom stereocenters. The number of nitrogens with one attached hydrogen (secondary N) is 1. The number of fused-ring (bicyclic) bond motifs is 1. The molecule has 1 N–H and O–H groups in total. The molecule has 30 heavy (non-hydrogen) atoms. The van der Waals surface area contributed by atoms with E-state index in [0.29, 0.717) is 16.7 Å². The third kappa shape index (κ3) is 4.76. The van der Waals surface area contributed by atoms with Gasteiger partial charge in [-0.05, 0) is 70.5 Å². The average molecular weight is 457 g/mol. The van der Waals surface area contributed by atoms with Crippen molar-refractivity contribution >= 4 is 44.9 Å². The van der Waals surface area contributed by atoms with Gasteiger partial charge in [-0.1, -0.05) is 18.2 Å². The first-order valence-corrected chi connectivity index (χ1v) is 11.2. The molecule has 0 atom stereocenters. The zero-order valence-electron chi connectivity index (χ0n) is 15.5. The van der Waals surface area contributed by atoms with E-state index in [2.05, 4.69) is 0 Å². The predicted octanol–water partition coefficient (Wildman–Crippen LogP) is 4.84. The molecule has 1 amide bonds. The van der Waals surface area contributed by atoms with E-state index in [1.165, 1.54) is 18.2 Å². The maximum Gasteiger partial charge on any atom is 0.516 e. The molecule has 0 fully saturated rings. The van der Waals surface area contributed by atoms with Crippen LogP contribution in [0, 0.1) is 5.82 Å². The van der Waals surface area contributed by atoms with Crippen LogP contribution in [0.1, 0.15) is 23.1 Å². The molecule has 2 aromatic carbocycles. The van der Waals surface area contributed by atoms with E-state index in [1.54, 1.807) is 17.8 Å². The maximum atomic E-state index is 13.7. The van der Waals surface area contributed by atoms with Crippen molar-refractivity contribution in [1.82, 2.24) is 4.72 Å². The SMILES string of the molecule is CSc1ccc(/C=C2\C=C(CC(=O)NS(=O)(=O)C(F)(F)F)c3cc(F)ccc32)cc1. The molecular formula is C20H15F4NO3S2.